The summed E-state index contributed by atoms with van der Waals surface area (Å²) in [5.41, 5.74) is 1.61. The molecule has 26 heavy (non-hydrogen) atoms. The molecule has 6 heteroatoms. The summed E-state index contributed by atoms with van der Waals surface area (Å²) >= 11 is 0. The van der Waals surface area contributed by atoms with Gasteiger partial charge in [-0.15, -0.1) is 0 Å². The first-order valence-corrected chi connectivity index (χ1v) is 8.46. The van der Waals surface area contributed by atoms with E-state index in [-0.39, 0.29) is 18.5 Å². The molecule has 1 aliphatic rings. The first kappa shape index (κ1) is 18.2. The molecule has 138 valence electrons. The van der Waals surface area contributed by atoms with Crippen LogP contribution in [0.4, 0.5) is 8.78 Å². The number of likely N-dealkylation sites (tertiary alicyclic amines) is 1. The van der Waals surface area contributed by atoms with Crippen molar-refractivity contribution in [3.05, 3.63) is 59.2 Å². The van der Waals surface area contributed by atoms with Gasteiger partial charge in [0.15, 0.2) is 23.1 Å². The second kappa shape index (κ2) is 7.72. The van der Waals surface area contributed by atoms with Gasteiger partial charge in [0.2, 0.25) is 5.91 Å². The molecule has 0 aromatic heterocycles. The molecule has 1 fully saturated rings. The lowest BCUT2D eigenvalue weighted by Gasteiger charge is -2.25. The van der Waals surface area contributed by atoms with Crippen molar-refractivity contribution < 1.29 is 23.0 Å². The van der Waals surface area contributed by atoms with Gasteiger partial charge in [-0.3, -0.25) is 4.79 Å². The van der Waals surface area contributed by atoms with Crippen molar-refractivity contribution in [3.63, 3.8) is 0 Å². The third-order valence-corrected chi connectivity index (χ3v) is 4.71. The first-order valence-electron chi connectivity index (χ1n) is 8.46. The zero-order chi connectivity index (χ0) is 18.7. The van der Waals surface area contributed by atoms with Crippen molar-refractivity contribution in [1.29, 1.82) is 0 Å². The highest BCUT2D eigenvalue weighted by Crippen LogP contribution is 2.30. The summed E-state index contributed by atoms with van der Waals surface area (Å²) in [4.78, 5) is 14.0. The molecule has 0 N–H and O–H groups in total. The normalized spacial score (nSPS) is 16.8. The maximum absolute atomic E-state index is 13.4. The zero-order valence-corrected chi connectivity index (χ0v) is 14.8. The van der Waals surface area contributed by atoms with Crippen LogP contribution in [-0.4, -0.2) is 31.1 Å². The van der Waals surface area contributed by atoms with Gasteiger partial charge in [0.25, 0.3) is 0 Å². The van der Waals surface area contributed by atoms with Gasteiger partial charge in [0.05, 0.1) is 14.2 Å². The van der Waals surface area contributed by atoms with Crippen LogP contribution in [0.3, 0.4) is 0 Å². The summed E-state index contributed by atoms with van der Waals surface area (Å²) in [5.74, 6) is -0.465. The fourth-order valence-corrected chi connectivity index (χ4v) is 3.34. The Labute approximate surface area is 151 Å². The molecule has 0 saturated carbocycles. The molecule has 1 heterocycles. The number of amides is 1. The number of carbonyl (C=O) groups is 1. The molecular formula is C20H21F2NO3. The molecule has 1 atom stereocenters. The van der Waals surface area contributed by atoms with Crippen molar-refractivity contribution in [2.75, 3.05) is 14.2 Å². The van der Waals surface area contributed by atoms with Gasteiger partial charge >= 0.3 is 0 Å². The Morgan fingerprint density at radius 1 is 1.00 bits per heavy atom. The minimum atomic E-state index is -0.898. The second-order valence-electron chi connectivity index (χ2n) is 6.36. The van der Waals surface area contributed by atoms with Gasteiger partial charge in [-0.1, -0.05) is 12.1 Å². The van der Waals surface area contributed by atoms with E-state index in [9.17, 15) is 13.6 Å². The van der Waals surface area contributed by atoms with E-state index in [1.807, 2.05) is 18.2 Å². The summed E-state index contributed by atoms with van der Waals surface area (Å²) in [7, 11) is 3.16. The van der Waals surface area contributed by atoms with Crippen molar-refractivity contribution in [3.8, 4) is 11.5 Å². The number of hydrogen-bond donors (Lipinski definition) is 0. The molecule has 0 bridgehead atoms. The molecule has 2 aromatic rings. The Balaban J connectivity index is 1.76. The Bertz CT molecular complexity index is 810. The number of carbonyl (C=O) groups excluding carboxylic acids is 1. The van der Waals surface area contributed by atoms with Gasteiger partial charge in [-0.2, -0.15) is 0 Å². The zero-order valence-electron chi connectivity index (χ0n) is 14.8. The highest BCUT2D eigenvalue weighted by Gasteiger charge is 2.31. The van der Waals surface area contributed by atoms with Crippen LogP contribution in [0.25, 0.3) is 0 Å². The first-order chi connectivity index (χ1) is 12.5. The number of ether oxygens (including phenoxy) is 2. The van der Waals surface area contributed by atoms with Crippen LogP contribution in [-0.2, 0) is 17.8 Å². The second-order valence-corrected chi connectivity index (χ2v) is 6.36. The number of nitrogens with zero attached hydrogens (tertiary/aromatic N) is 1. The third-order valence-electron chi connectivity index (χ3n) is 4.71. The molecule has 1 amide bonds. The summed E-state index contributed by atoms with van der Waals surface area (Å²) in [6, 6.07) is 9.44. The van der Waals surface area contributed by atoms with E-state index in [4.69, 9.17) is 9.47 Å². The van der Waals surface area contributed by atoms with E-state index in [1.165, 1.54) is 6.07 Å². The Kier molecular flexibility index (Phi) is 5.40. The SMILES string of the molecule is COc1ccc(C[C@@H]2CCC(=O)N2Cc2ccc(F)c(F)c2)cc1OC. The average molecular weight is 361 g/mol. The van der Waals surface area contributed by atoms with Crippen LogP contribution >= 0.6 is 0 Å². The monoisotopic (exact) mass is 361 g/mol. The van der Waals surface area contributed by atoms with Gasteiger partial charge < -0.3 is 14.4 Å². The highest BCUT2D eigenvalue weighted by molar-refractivity contribution is 5.78. The van der Waals surface area contributed by atoms with E-state index in [2.05, 4.69) is 0 Å². The lowest BCUT2D eigenvalue weighted by molar-refractivity contribution is -0.129. The van der Waals surface area contributed by atoms with Gasteiger partial charge in [0, 0.05) is 19.0 Å². The maximum Gasteiger partial charge on any atom is 0.223 e. The molecule has 4 nitrogen and oxygen atoms in total. The molecule has 0 aliphatic carbocycles. The number of benzene rings is 2. The van der Waals surface area contributed by atoms with Crippen LogP contribution in [0.1, 0.15) is 24.0 Å². The highest BCUT2D eigenvalue weighted by atomic mass is 19.2. The summed E-state index contributed by atoms with van der Waals surface area (Å²) in [5, 5.41) is 0. The van der Waals surface area contributed by atoms with Gasteiger partial charge in [0.1, 0.15) is 0 Å². The fourth-order valence-electron chi connectivity index (χ4n) is 3.34. The standard InChI is InChI=1S/C20H21F2NO3/c1-25-18-7-4-13(11-19(18)26-2)9-15-5-8-20(24)23(15)12-14-3-6-16(21)17(22)10-14/h3-4,6-7,10-11,15H,5,8-9,12H2,1-2H3/t15-/m0/s1. The van der Waals surface area contributed by atoms with E-state index in [0.29, 0.717) is 29.9 Å². The van der Waals surface area contributed by atoms with Crippen molar-refractivity contribution in [2.24, 2.45) is 0 Å². The summed E-state index contributed by atoms with van der Waals surface area (Å²) in [6.45, 7) is 0.272. The quantitative estimate of drug-likeness (QED) is 0.787. The summed E-state index contributed by atoms with van der Waals surface area (Å²) < 4.78 is 37.1. The van der Waals surface area contributed by atoms with Crippen molar-refractivity contribution in [2.45, 2.75) is 31.8 Å². The van der Waals surface area contributed by atoms with Crippen LogP contribution in [0.5, 0.6) is 11.5 Å². The predicted octanol–water partition coefficient (Wildman–Crippen LogP) is 3.72. The van der Waals surface area contributed by atoms with Gasteiger partial charge in [-0.05, 0) is 48.2 Å². The van der Waals surface area contributed by atoms with Crippen molar-refractivity contribution in [1.82, 2.24) is 4.90 Å². The molecule has 0 unspecified atom stereocenters. The molecular weight excluding hydrogens is 340 g/mol. The van der Waals surface area contributed by atoms with E-state index >= 15 is 0 Å². The van der Waals surface area contributed by atoms with E-state index in [0.717, 1.165) is 24.1 Å². The lowest BCUT2D eigenvalue weighted by Crippen LogP contribution is -2.34. The lowest BCUT2D eigenvalue weighted by atomic mass is 10.0. The molecule has 1 saturated heterocycles. The van der Waals surface area contributed by atoms with Gasteiger partial charge in [-0.25, -0.2) is 8.78 Å². The minimum absolute atomic E-state index is 0.00807. The Hall–Kier alpha value is -2.63. The molecule has 2 aromatic carbocycles. The molecule has 1 aliphatic heterocycles. The predicted molar refractivity (Wildman–Crippen MR) is 93.2 cm³/mol. The largest absolute Gasteiger partial charge is 0.493 e. The van der Waals surface area contributed by atoms with Crippen LogP contribution in [0.2, 0.25) is 0 Å². The number of rotatable bonds is 6. The average Bonchev–Trinajstić information content (AvgIpc) is 2.98. The number of methoxy groups -OCH3 is 2. The smallest absolute Gasteiger partial charge is 0.223 e. The van der Waals surface area contributed by atoms with E-state index in [1.54, 1.807) is 19.1 Å². The van der Waals surface area contributed by atoms with E-state index < -0.39 is 11.6 Å². The summed E-state index contributed by atoms with van der Waals surface area (Å²) in [6.07, 6.45) is 1.86. The molecule has 0 spiro atoms. The fraction of sp³-hybridized carbons (Fsp3) is 0.350. The minimum Gasteiger partial charge on any atom is -0.493 e. The topological polar surface area (TPSA) is 38.8 Å². The number of hydrogen-bond acceptors (Lipinski definition) is 3. The molecule has 3 rings (SSSR count). The number of halogens is 2. The maximum atomic E-state index is 13.4. The van der Waals surface area contributed by atoms with Crippen LogP contribution < -0.4 is 9.47 Å². The van der Waals surface area contributed by atoms with Crippen LogP contribution in [0.15, 0.2) is 36.4 Å². The van der Waals surface area contributed by atoms with Crippen LogP contribution in [0, 0.1) is 11.6 Å². The Morgan fingerprint density at radius 3 is 2.42 bits per heavy atom. The molecule has 0 radical (unpaired) electrons. The van der Waals surface area contributed by atoms with Crippen molar-refractivity contribution >= 4 is 5.91 Å². The Morgan fingerprint density at radius 2 is 1.73 bits per heavy atom. The third kappa shape index (κ3) is 3.79.